The number of hydrogen-bond donors (Lipinski definition) is 3. The molecule has 0 bridgehead atoms. The molecule has 0 aliphatic carbocycles. The third-order valence-corrected chi connectivity index (χ3v) is 3.44. The maximum atomic E-state index is 13.8. The second kappa shape index (κ2) is 5.07. The van der Waals surface area contributed by atoms with E-state index in [0.717, 1.165) is 10.8 Å². The van der Waals surface area contributed by atoms with Crippen LogP contribution >= 0.6 is 22.6 Å². The maximum Gasteiger partial charge on any atom is 0.330 e. The predicted octanol–water partition coefficient (Wildman–Crippen LogP) is -1.27. The lowest BCUT2D eigenvalue weighted by atomic mass is 10.1. The molecule has 1 aliphatic heterocycles. The first kappa shape index (κ1) is 13.6. The monoisotopic (exact) mass is 369 g/mol. The highest BCUT2D eigenvalue weighted by Gasteiger charge is 2.45. The van der Waals surface area contributed by atoms with Crippen LogP contribution in [0.4, 0.5) is 4.39 Å². The lowest BCUT2D eigenvalue weighted by Crippen LogP contribution is -2.37. The molecule has 4 atom stereocenters. The molecule has 0 radical (unpaired) electrons. The molecule has 0 aromatic carbocycles. The molecule has 1 fully saturated rings. The minimum absolute atomic E-state index is 0.185. The van der Waals surface area contributed by atoms with Crippen LogP contribution in [0.1, 0.15) is 6.23 Å². The van der Waals surface area contributed by atoms with Gasteiger partial charge in [-0.3, -0.25) is 14.3 Å². The fourth-order valence-electron chi connectivity index (χ4n) is 1.73. The van der Waals surface area contributed by atoms with Crippen LogP contribution in [0.5, 0.6) is 0 Å². The number of ether oxygens (including phenoxy) is 1. The standard InChI is InChI=1S/C9H10FIN2O5/c10-5-6(15)4(2-14)18-8(5)13-1-3(11)7(16)12-9(13)17/h1,4-6,8,14-15H,2H2,(H,12,16,17)/t4-,5?,6?,8-/m1/s1/i11-3. The summed E-state index contributed by atoms with van der Waals surface area (Å²) < 4.78 is 19.9. The van der Waals surface area contributed by atoms with E-state index in [9.17, 15) is 19.1 Å². The van der Waals surface area contributed by atoms with Crippen LogP contribution in [0, 0.1) is 3.57 Å². The molecule has 1 aliphatic rings. The van der Waals surface area contributed by atoms with Gasteiger partial charge in [0, 0.05) is 6.20 Å². The summed E-state index contributed by atoms with van der Waals surface area (Å²) in [4.78, 5) is 24.7. The average Bonchev–Trinajstić information content (AvgIpc) is 2.61. The average molecular weight is 369 g/mol. The highest BCUT2D eigenvalue weighted by atomic mass is 124. The van der Waals surface area contributed by atoms with Gasteiger partial charge in [0.25, 0.3) is 5.56 Å². The van der Waals surface area contributed by atoms with Crippen LogP contribution in [0.3, 0.4) is 0 Å². The van der Waals surface area contributed by atoms with Crippen molar-refractivity contribution in [2.75, 3.05) is 6.61 Å². The van der Waals surface area contributed by atoms with Gasteiger partial charge in [0.1, 0.15) is 12.2 Å². The summed E-state index contributed by atoms with van der Waals surface area (Å²) in [5.41, 5.74) is -1.41. The highest BCUT2D eigenvalue weighted by Crippen LogP contribution is 2.30. The Balaban J connectivity index is 2.42. The van der Waals surface area contributed by atoms with Crippen LogP contribution in [0.25, 0.3) is 0 Å². The number of aliphatic hydroxyl groups is 2. The molecule has 0 spiro atoms. The van der Waals surface area contributed by atoms with Crippen molar-refractivity contribution in [2.24, 2.45) is 0 Å². The Labute approximate surface area is 113 Å². The van der Waals surface area contributed by atoms with Crippen molar-refractivity contribution in [3.63, 3.8) is 0 Å². The summed E-state index contributed by atoms with van der Waals surface area (Å²) in [7, 11) is 0. The second-order valence-corrected chi connectivity index (χ2v) is 4.99. The molecule has 1 aromatic rings. The van der Waals surface area contributed by atoms with E-state index in [0.29, 0.717) is 0 Å². The molecule has 3 N–H and O–H groups in total. The summed E-state index contributed by atoms with van der Waals surface area (Å²) in [6.07, 6.45) is -4.69. The van der Waals surface area contributed by atoms with E-state index >= 15 is 0 Å². The first-order chi connectivity index (χ1) is 8.45. The van der Waals surface area contributed by atoms with Gasteiger partial charge >= 0.3 is 5.69 Å². The molecule has 7 nitrogen and oxygen atoms in total. The van der Waals surface area contributed by atoms with E-state index in [1.165, 1.54) is 0 Å². The van der Waals surface area contributed by atoms with Gasteiger partial charge in [0.2, 0.25) is 0 Å². The van der Waals surface area contributed by atoms with Gasteiger partial charge in [-0.15, -0.1) is 0 Å². The molecule has 18 heavy (non-hydrogen) atoms. The highest BCUT2D eigenvalue weighted by molar-refractivity contribution is 14.1. The molecule has 9 heteroatoms. The second-order valence-electron chi connectivity index (χ2n) is 3.83. The number of alkyl halides is 1. The van der Waals surface area contributed by atoms with Gasteiger partial charge in [0.15, 0.2) is 12.4 Å². The molecule has 2 rings (SSSR count). The number of aromatic amines is 1. The third kappa shape index (κ3) is 2.22. The van der Waals surface area contributed by atoms with Crippen molar-refractivity contribution < 1.29 is 19.3 Å². The third-order valence-electron chi connectivity index (χ3n) is 2.67. The van der Waals surface area contributed by atoms with Gasteiger partial charge < -0.3 is 14.9 Å². The Kier molecular flexibility index (Phi) is 3.84. The lowest BCUT2D eigenvalue weighted by molar-refractivity contribution is -0.0492. The number of H-pyrrole nitrogens is 1. The Morgan fingerprint density at radius 1 is 1.56 bits per heavy atom. The first-order valence-corrected chi connectivity index (χ1v) is 6.13. The van der Waals surface area contributed by atoms with Gasteiger partial charge in [-0.2, -0.15) is 0 Å². The molecule has 1 saturated heterocycles. The molecule has 100 valence electrons. The van der Waals surface area contributed by atoms with Crippen molar-refractivity contribution in [1.82, 2.24) is 9.55 Å². The maximum absolute atomic E-state index is 13.8. The van der Waals surface area contributed by atoms with E-state index < -0.39 is 42.5 Å². The summed E-state index contributed by atoms with van der Waals surface area (Å²) >= 11 is 1.69. The quantitative estimate of drug-likeness (QED) is 0.564. The van der Waals surface area contributed by atoms with Crippen molar-refractivity contribution in [2.45, 2.75) is 24.6 Å². The van der Waals surface area contributed by atoms with E-state index in [-0.39, 0.29) is 3.57 Å². The van der Waals surface area contributed by atoms with E-state index in [2.05, 4.69) is 0 Å². The Bertz CT molecular complexity index is 559. The fraction of sp³-hybridized carbons (Fsp3) is 0.556. The minimum Gasteiger partial charge on any atom is -0.394 e. The van der Waals surface area contributed by atoms with Crippen molar-refractivity contribution in [3.05, 3.63) is 30.6 Å². The number of rotatable bonds is 2. The van der Waals surface area contributed by atoms with Crippen LogP contribution in [-0.2, 0) is 4.74 Å². The zero-order valence-corrected chi connectivity index (χ0v) is 11.1. The summed E-state index contributed by atoms with van der Waals surface area (Å²) in [5.74, 6) is 0. The number of nitrogens with zero attached hydrogens (tertiary/aromatic N) is 1. The summed E-state index contributed by atoms with van der Waals surface area (Å²) in [6.45, 7) is -0.562. The lowest BCUT2D eigenvalue weighted by Gasteiger charge is -2.15. The van der Waals surface area contributed by atoms with Crippen LogP contribution in [0.15, 0.2) is 15.8 Å². The van der Waals surface area contributed by atoms with Gasteiger partial charge in [0.05, 0.1) is 10.2 Å². The topological polar surface area (TPSA) is 105 Å². The largest absolute Gasteiger partial charge is 0.394 e. The first-order valence-electron chi connectivity index (χ1n) is 5.05. The SMILES string of the molecule is O=c1[nH]c(=O)n([C@@H]2O[C@H](CO)C(O)C2F)cc1[124I]. The number of hydrogen-bond acceptors (Lipinski definition) is 5. The zero-order chi connectivity index (χ0) is 13.4. The normalized spacial score (nSPS) is 31.8. The van der Waals surface area contributed by atoms with Crippen LogP contribution in [0.2, 0.25) is 0 Å². The van der Waals surface area contributed by atoms with Crippen LogP contribution < -0.4 is 11.2 Å². The molecule has 2 heterocycles. The Morgan fingerprint density at radius 3 is 2.78 bits per heavy atom. The molecular formula is C9H10FIN2O5. The fourth-order valence-corrected chi connectivity index (χ4v) is 2.16. The Morgan fingerprint density at radius 2 is 2.22 bits per heavy atom. The number of aromatic nitrogens is 2. The summed E-state index contributed by atoms with van der Waals surface area (Å²) in [6, 6.07) is 0. The molecule has 1 aromatic heterocycles. The Hall–Kier alpha value is -0.780. The molecule has 0 saturated carbocycles. The van der Waals surface area contributed by atoms with Gasteiger partial charge in [-0.1, -0.05) is 0 Å². The van der Waals surface area contributed by atoms with Gasteiger partial charge in [-0.05, 0) is 22.6 Å². The molecule has 0 amide bonds. The van der Waals surface area contributed by atoms with Crippen molar-refractivity contribution >= 4 is 22.6 Å². The minimum atomic E-state index is -1.86. The zero-order valence-electron chi connectivity index (χ0n) is 8.92. The smallest absolute Gasteiger partial charge is 0.330 e. The summed E-state index contributed by atoms with van der Waals surface area (Å²) in [5, 5.41) is 18.3. The van der Waals surface area contributed by atoms with Crippen molar-refractivity contribution in [3.8, 4) is 0 Å². The van der Waals surface area contributed by atoms with E-state index in [1.54, 1.807) is 22.6 Å². The van der Waals surface area contributed by atoms with Gasteiger partial charge in [-0.25, -0.2) is 9.18 Å². The van der Waals surface area contributed by atoms with Crippen molar-refractivity contribution in [1.29, 1.82) is 0 Å². The predicted molar refractivity (Wildman–Crippen MR) is 65.9 cm³/mol. The van der Waals surface area contributed by atoms with E-state index in [4.69, 9.17) is 9.84 Å². The number of aliphatic hydroxyl groups excluding tert-OH is 2. The molecule has 2 unspecified atom stereocenters. The van der Waals surface area contributed by atoms with E-state index in [1.807, 2.05) is 4.98 Å². The number of nitrogens with one attached hydrogen (secondary N) is 1. The van der Waals surface area contributed by atoms with Crippen LogP contribution in [-0.4, -0.2) is 44.8 Å². The number of halogens is 2. The molecular weight excluding hydrogens is 359 g/mol.